The van der Waals surface area contributed by atoms with E-state index in [0.717, 1.165) is 12.5 Å². The van der Waals surface area contributed by atoms with E-state index in [1.807, 2.05) is 0 Å². The zero-order valence-corrected chi connectivity index (χ0v) is 10.6. The highest BCUT2D eigenvalue weighted by Gasteiger charge is 2.38. The molecule has 0 aliphatic heterocycles. The first-order valence-corrected chi connectivity index (χ1v) is 6.91. The third kappa shape index (κ3) is 2.00. The molecule has 1 fully saturated rings. The van der Waals surface area contributed by atoms with Gasteiger partial charge in [-0.1, -0.05) is 31.2 Å². The number of nitrogens with zero attached hydrogens (tertiary/aromatic N) is 1. The molecule has 1 aromatic carbocycles. The number of nitrogens with two attached hydrogens (primary N) is 1. The Kier molecular flexibility index (Phi) is 2.93. The van der Waals surface area contributed by atoms with Gasteiger partial charge in [-0.25, -0.2) is 0 Å². The van der Waals surface area contributed by atoms with Crippen LogP contribution in [0.25, 0.3) is 0 Å². The van der Waals surface area contributed by atoms with Crippen LogP contribution in [-0.2, 0) is 0 Å². The van der Waals surface area contributed by atoms with Gasteiger partial charge in [0.25, 0.3) is 0 Å². The van der Waals surface area contributed by atoms with Gasteiger partial charge in [0.05, 0.1) is 0 Å². The second-order valence-corrected chi connectivity index (χ2v) is 5.46. The van der Waals surface area contributed by atoms with Crippen LogP contribution in [-0.4, -0.2) is 17.5 Å². The highest BCUT2D eigenvalue weighted by molar-refractivity contribution is 5.37. The molecular formula is C15H22N2. The van der Waals surface area contributed by atoms with E-state index in [1.165, 1.54) is 36.9 Å². The minimum absolute atomic E-state index is 0.245. The molecule has 2 nitrogen and oxygen atoms in total. The molecule has 0 spiro atoms. The van der Waals surface area contributed by atoms with Crippen LogP contribution in [0.2, 0.25) is 0 Å². The summed E-state index contributed by atoms with van der Waals surface area (Å²) >= 11 is 0. The van der Waals surface area contributed by atoms with Gasteiger partial charge >= 0.3 is 0 Å². The van der Waals surface area contributed by atoms with Crippen molar-refractivity contribution in [2.24, 2.45) is 5.73 Å². The molecule has 2 heteroatoms. The largest absolute Gasteiger partial charge is 0.324 e. The molecule has 3 rings (SSSR count). The quantitative estimate of drug-likeness (QED) is 0.861. The molecule has 0 amide bonds. The fourth-order valence-corrected chi connectivity index (χ4v) is 3.22. The molecule has 2 aliphatic rings. The van der Waals surface area contributed by atoms with E-state index in [-0.39, 0.29) is 6.04 Å². The predicted molar refractivity (Wildman–Crippen MR) is 70.7 cm³/mol. The maximum absolute atomic E-state index is 6.26. The summed E-state index contributed by atoms with van der Waals surface area (Å²) in [6.45, 7) is 3.49. The minimum Gasteiger partial charge on any atom is -0.324 e. The maximum atomic E-state index is 6.26. The summed E-state index contributed by atoms with van der Waals surface area (Å²) in [5, 5.41) is 0. The molecule has 1 aromatic rings. The zero-order chi connectivity index (χ0) is 11.8. The molecule has 2 unspecified atom stereocenters. The Balaban J connectivity index is 1.88. The first-order chi connectivity index (χ1) is 8.31. The van der Waals surface area contributed by atoms with E-state index in [9.17, 15) is 0 Å². The van der Waals surface area contributed by atoms with Crippen LogP contribution in [0.15, 0.2) is 24.3 Å². The van der Waals surface area contributed by atoms with Gasteiger partial charge in [-0.2, -0.15) is 0 Å². The summed E-state index contributed by atoms with van der Waals surface area (Å²) < 4.78 is 0. The second-order valence-electron chi connectivity index (χ2n) is 5.46. The third-order valence-electron chi connectivity index (χ3n) is 4.13. The zero-order valence-electron chi connectivity index (χ0n) is 10.6. The molecule has 0 saturated heterocycles. The van der Waals surface area contributed by atoms with Crippen molar-refractivity contribution >= 4 is 0 Å². The fraction of sp³-hybridized carbons (Fsp3) is 0.600. The van der Waals surface area contributed by atoms with Crippen molar-refractivity contribution < 1.29 is 0 Å². The SMILES string of the molecule is CCCN(C1CC1)C1CC(N)c2ccccc21. The Morgan fingerprint density at radius 1 is 1.24 bits per heavy atom. The molecule has 2 N–H and O–H groups in total. The van der Waals surface area contributed by atoms with E-state index >= 15 is 0 Å². The number of benzene rings is 1. The predicted octanol–water partition coefficient (Wildman–Crippen LogP) is 3.01. The molecule has 0 aromatic heterocycles. The Labute approximate surface area is 104 Å². The summed E-state index contributed by atoms with van der Waals surface area (Å²) in [5.74, 6) is 0. The average molecular weight is 230 g/mol. The first kappa shape index (κ1) is 11.2. The first-order valence-electron chi connectivity index (χ1n) is 6.91. The molecule has 0 radical (unpaired) electrons. The van der Waals surface area contributed by atoms with Crippen LogP contribution < -0.4 is 5.73 Å². The number of fused-ring (bicyclic) bond motifs is 1. The molecule has 0 bridgehead atoms. The molecule has 17 heavy (non-hydrogen) atoms. The minimum atomic E-state index is 0.245. The molecule has 1 saturated carbocycles. The topological polar surface area (TPSA) is 29.3 Å². The monoisotopic (exact) mass is 230 g/mol. The fourth-order valence-electron chi connectivity index (χ4n) is 3.22. The standard InChI is InChI=1S/C15H22N2/c1-2-9-17(11-7-8-11)15-10-14(16)12-5-3-4-6-13(12)15/h3-6,11,14-15H,2,7-10,16H2,1H3. The van der Waals surface area contributed by atoms with Crippen molar-refractivity contribution in [1.29, 1.82) is 0 Å². The third-order valence-corrected chi connectivity index (χ3v) is 4.13. The van der Waals surface area contributed by atoms with Crippen LogP contribution in [0.4, 0.5) is 0 Å². The van der Waals surface area contributed by atoms with Crippen molar-refractivity contribution in [3.05, 3.63) is 35.4 Å². The Bertz CT molecular complexity index is 398. The van der Waals surface area contributed by atoms with E-state index in [0.29, 0.717) is 6.04 Å². The van der Waals surface area contributed by atoms with E-state index in [4.69, 9.17) is 5.73 Å². The summed E-state index contributed by atoms with van der Waals surface area (Å²) in [6.07, 6.45) is 5.11. The van der Waals surface area contributed by atoms with Crippen molar-refractivity contribution in [1.82, 2.24) is 4.90 Å². The Hall–Kier alpha value is -0.860. The summed E-state index contributed by atoms with van der Waals surface area (Å²) in [5.41, 5.74) is 9.13. The summed E-state index contributed by atoms with van der Waals surface area (Å²) in [6, 6.07) is 10.4. The smallest absolute Gasteiger partial charge is 0.0372 e. The summed E-state index contributed by atoms with van der Waals surface area (Å²) in [4.78, 5) is 2.70. The van der Waals surface area contributed by atoms with Gasteiger partial charge in [0.15, 0.2) is 0 Å². The highest BCUT2D eigenvalue weighted by Crippen LogP contribution is 2.44. The van der Waals surface area contributed by atoms with Crippen molar-refractivity contribution in [3.8, 4) is 0 Å². The lowest BCUT2D eigenvalue weighted by Crippen LogP contribution is -2.30. The molecular weight excluding hydrogens is 208 g/mol. The Morgan fingerprint density at radius 2 is 1.94 bits per heavy atom. The van der Waals surface area contributed by atoms with Crippen LogP contribution in [0.5, 0.6) is 0 Å². The number of rotatable bonds is 4. The van der Waals surface area contributed by atoms with Crippen LogP contribution in [0.3, 0.4) is 0 Å². The molecule has 0 heterocycles. The lowest BCUT2D eigenvalue weighted by molar-refractivity contribution is 0.182. The molecule has 2 aliphatic carbocycles. The van der Waals surface area contributed by atoms with Crippen LogP contribution in [0.1, 0.15) is 55.8 Å². The van der Waals surface area contributed by atoms with Crippen LogP contribution >= 0.6 is 0 Å². The normalized spacial score (nSPS) is 27.5. The van der Waals surface area contributed by atoms with Gasteiger partial charge in [0, 0.05) is 18.1 Å². The van der Waals surface area contributed by atoms with Crippen molar-refractivity contribution in [2.45, 2.75) is 50.7 Å². The molecule has 2 atom stereocenters. The number of hydrogen-bond acceptors (Lipinski definition) is 2. The average Bonchev–Trinajstić information content (AvgIpc) is 3.13. The molecule has 92 valence electrons. The second kappa shape index (κ2) is 4.43. The van der Waals surface area contributed by atoms with Gasteiger partial charge in [-0.05, 0) is 43.4 Å². The van der Waals surface area contributed by atoms with Crippen molar-refractivity contribution in [2.75, 3.05) is 6.54 Å². The van der Waals surface area contributed by atoms with E-state index in [2.05, 4.69) is 36.1 Å². The van der Waals surface area contributed by atoms with Crippen molar-refractivity contribution in [3.63, 3.8) is 0 Å². The number of hydrogen-bond donors (Lipinski definition) is 1. The lowest BCUT2D eigenvalue weighted by atomic mass is 10.1. The lowest BCUT2D eigenvalue weighted by Gasteiger charge is -2.29. The van der Waals surface area contributed by atoms with Gasteiger partial charge < -0.3 is 5.73 Å². The highest BCUT2D eigenvalue weighted by atomic mass is 15.2. The van der Waals surface area contributed by atoms with E-state index < -0.39 is 0 Å². The van der Waals surface area contributed by atoms with Gasteiger partial charge in [0.1, 0.15) is 0 Å². The summed E-state index contributed by atoms with van der Waals surface area (Å²) in [7, 11) is 0. The van der Waals surface area contributed by atoms with Gasteiger partial charge in [-0.3, -0.25) is 4.90 Å². The van der Waals surface area contributed by atoms with E-state index in [1.54, 1.807) is 0 Å². The van der Waals surface area contributed by atoms with Gasteiger partial charge in [0.2, 0.25) is 0 Å². The Morgan fingerprint density at radius 3 is 2.59 bits per heavy atom. The maximum Gasteiger partial charge on any atom is 0.0372 e. The van der Waals surface area contributed by atoms with Crippen LogP contribution in [0, 0.1) is 0 Å². The van der Waals surface area contributed by atoms with Gasteiger partial charge in [-0.15, -0.1) is 0 Å².